The fraction of sp³-hybridized carbons (Fsp3) is 0.760. The highest BCUT2D eigenvalue weighted by molar-refractivity contribution is 5.37. The first-order chi connectivity index (χ1) is 12.6. The molecule has 0 spiro atoms. The van der Waals surface area contributed by atoms with E-state index in [1.54, 1.807) is 0 Å². The van der Waals surface area contributed by atoms with Crippen molar-refractivity contribution in [3.05, 3.63) is 34.6 Å². The molecule has 144 valence electrons. The summed E-state index contributed by atoms with van der Waals surface area (Å²) in [4.78, 5) is 0. The van der Waals surface area contributed by atoms with Crippen LogP contribution in [0.3, 0.4) is 0 Å². The zero-order valence-corrected chi connectivity index (χ0v) is 16.9. The summed E-state index contributed by atoms with van der Waals surface area (Å²) in [5.74, 6) is 4.07. The van der Waals surface area contributed by atoms with Gasteiger partial charge in [-0.2, -0.15) is 0 Å². The van der Waals surface area contributed by atoms with E-state index in [1.807, 2.05) is 6.07 Å². The second-order valence-electron chi connectivity index (χ2n) is 9.84. The van der Waals surface area contributed by atoms with E-state index in [-0.39, 0.29) is 5.82 Å². The monoisotopic (exact) mass is 356 g/mol. The van der Waals surface area contributed by atoms with E-state index < -0.39 is 0 Å². The van der Waals surface area contributed by atoms with E-state index in [9.17, 15) is 0 Å². The van der Waals surface area contributed by atoms with Crippen molar-refractivity contribution in [2.24, 2.45) is 23.7 Å². The van der Waals surface area contributed by atoms with Gasteiger partial charge in [0.25, 0.3) is 0 Å². The Labute approximate surface area is 160 Å². The first-order valence-electron chi connectivity index (χ1n) is 11.4. The molecule has 0 saturated heterocycles. The number of halogens is 1. The first kappa shape index (κ1) is 18.5. The largest absolute Gasteiger partial charge is 0.207 e. The van der Waals surface area contributed by atoms with Crippen molar-refractivity contribution < 1.29 is 4.39 Å². The molecule has 0 N–H and O–H groups in total. The lowest BCUT2D eigenvalue weighted by atomic mass is 9.64. The molecule has 3 aliphatic rings. The highest BCUT2D eigenvalue weighted by Crippen LogP contribution is 2.48. The minimum absolute atomic E-state index is 0.104. The average Bonchev–Trinajstić information content (AvgIpc) is 2.65. The maximum absolute atomic E-state index is 15.0. The van der Waals surface area contributed by atoms with Crippen LogP contribution in [0.1, 0.15) is 101 Å². The van der Waals surface area contributed by atoms with Crippen molar-refractivity contribution in [3.8, 4) is 0 Å². The van der Waals surface area contributed by atoms with E-state index in [2.05, 4.69) is 19.9 Å². The topological polar surface area (TPSA) is 0 Å². The zero-order chi connectivity index (χ0) is 18.1. The lowest BCUT2D eigenvalue weighted by molar-refractivity contribution is 0.124. The Morgan fingerprint density at radius 2 is 1.77 bits per heavy atom. The molecule has 5 atom stereocenters. The van der Waals surface area contributed by atoms with Crippen LogP contribution in [0.5, 0.6) is 0 Å². The van der Waals surface area contributed by atoms with Crippen molar-refractivity contribution in [1.82, 2.24) is 0 Å². The zero-order valence-electron chi connectivity index (χ0n) is 16.9. The predicted molar refractivity (Wildman–Crippen MR) is 108 cm³/mol. The quantitative estimate of drug-likeness (QED) is 0.526. The molecule has 26 heavy (non-hydrogen) atoms. The molecular formula is C25H37F. The summed E-state index contributed by atoms with van der Waals surface area (Å²) in [5.41, 5.74) is 3.85. The number of benzene rings is 1. The van der Waals surface area contributed by atoms with E-state index in [4.69, 9.17) is 0 Å². The van der Waals surface area contributed by atoms with Crippen molar-refractivity contribution in [1.29, 1.82) is 0 Å². The van der Waals surface area contributed by atoms with Gasteiger partial charge in [-0.3, -0.25) is 0 Å². The van der Waals surface area contributed by atoms with Crippen LogP contribution < -0.4 is 0 Å². The van der Waals surface area contributed by atoms with Gasteiger partial charge in [-0.05, 0) is 104 Å². The molecule has 0 amide bonds. The average molecular weight is 357 g/mol. The summed E-state index contributed by atoms with van der Waals surface area (Å²) in [5, 5.41) is 0. The second-order valence-corrected chi connectivity index (χ2v) is 9.84. The summed E-state index contributed by atoms with van der Waals surface area (Å²) in [7, 11) is 0. The molecule has 0 nitrogen and oxygen atoms in total. The summed E-state index contributed by atoms with van der Waals surface area (Å²) in [6.07, 6.45) is 15.5. The third-order valence-electron chi connectivity index (χ3n) is 7.93. The second kappa shape index (κ2) is 8.03. The molecule has 2 fully saturated rings. The molecule has 1 aromatic carbocycles. The number of fused-ring (bicyclic) bond motifs is 2. The Bertz CT molecular complexity index is 619. The smallest absolute Gasteiger partial charge is 0.126 e. The standard InChI is InChI=1S/C25H37F/c1-3-4-5-18-7-9-21-15-24(25(26)16-23(21)13-18)22-11-10-19-12-17(2)6-8-20(19)14-22/h15-20,22H,3-14H2,1-2H3. The van der Waals surface area contributed by atoms with Crippen molar-refractivity contribution >= 4 is 0 Å². The molecule has 3 aliphatic carbocycles. The molecule has 1 aromatic rings. The van der Waals surface area contributed by atoms with Gasteiger partial charge >= 0.3 is 0 Å². The van der Waals surface area contributed by atoms with Gasteiger partial charge in [0.1, 0.15) is 5.82 Å². The van der Waals surface area contributed by atoms with Gasteiger partial charge in [-0.1, -0.05) is 45.6 Å². The van der Waals surface area contributed by atoms with E-state index in [1.165, 1.54) is 81.8 Å². The fourth-order valence-electron chi connectivity index (χ4n) is 6.33. The Kier molecular flexibility index (Phi) is 5.72. The van der Waals surface area contributed by atoms with Crippen LogP contribution in [-0.2, 0) is 12.8 Å². The van der Waals surface area contributed by atoms with Crippen LogP contribution in [0.25, 0.3) is 0 Å². The van der Waals surface area contributed by atoms with Crippen molar-refractivity contribution in [2.45, 2.75) is 96.8 Å². The SMILES string of the molecule is CCCCC1CCc2cc(C3CCC4CC(C)CCC4C3)c(F)cc2C1. The van der Waals surface area contributed by atoms with Gasteiger partial charge in [0.2, 0.25) is 0 Å². The van der Waals surface area contributed by atoms with Crippen molar-refractivity contribution in [3.63, 3.8) is 0 Å². The number of unbranched alkanes of at least 4 members (excludes halogenated alkanes) is 1. The first-order valence-corrected chi connectivity index (χ1v) is 11.4. The number of hydrogen-bond acceptors (Lipinski definition) is 0. The van der Waals surface area contributed by atoms with E-state index in [0.29, 0.717) is 5.92 Å². The summed E-state index contributed by atoms with van der Waals surface area (Å²) in [6.45, 7) is 4.68. The number of hydrogen-bond donors (Lipinski definition) is 0. The van der Waals surface area contributed by atoms with Crippen LogP contribution in [0.4, 0.5) is 4.39 Å². The predicted octanol–water partition coefficient (Wildman–Crippen LogP) is 7.44. The Morgan fingerprint density at radius 1 is 0.962 bits per heavy atom. The lowest BCUT2D eigenvalue weighted by Crippen LogP contribution is -2.30. The molecule has 1 heteroatoms. The third-order valence-corrected chi connectivity index (χ3v) is 7.93. The minimum atomic E-state index is 0.104. The lowest BCUT2D eigenvalue weighted by Gasteiger charge is -2.42. The van der Waals surface area contributed by atoms with Crippen LogP contribution in [0.15, 0.2) is 12.1 Å². The van der Waals surface area contributed by atoms with E-state index >= 15 is 4.39 Å². The van der Waals surface area contributed by atoms with Crippen LogP contribution >= 0.6 is 0 Å². The summed E-state index contributed by atoms with van der Waals surface area (Å²) < 4.78 is 15.0. The van der Waals surface area contributed by atoms with Gasteiger partial charge in [-0.25, -0.2) is 4.39 Å². The molecular weight excluding hydrogens is 319 g/mol. The highest BCUT2D eigenvalue weighted by Gasteiger charge is 2.36. The maximum Gasteiger partial charge on any atom is 0.126 e. The Hall–Kier alpha value is -0.850. The molecule has 2 saturated carbocycles. The Balaban J connectivity index is 1.47. The summed E-state index contributed by atoms with van der Waals surface area (Å²) >= 11 is 0. The van der Waals surface area contributed by atoms with Gasteiger partial charge in [-0.15, -0.1) is 0 Å². The molecule has 4 rings (SSSR count). The minimum Gasteiger partial charge on any atom is -0.207 e. The van der Waals surface area contributed by atoms with Crippen LogP contribution in [0.2, 0.25) is 0 Å². The molecule has 0 bridgehead atoms. The third kappa shape index (κ3) is 3.87. The van der Waals surface area contributed by atoms with E-state index in [0.717, 1.165) is 35.7 Å². The molecule has 0 heterocycles. The number of rotatable bonds is 4. The molecule has 0 aliphatic heterocycles. The van der Waals surface area contributed by atoms with Crippen LogP contribution in [-0.4, -0.2) is 0 Å². The van der Waals surface area contributed by atoms with Gasteiger partial charge in [0, 0.05) is 0 Å². The molecule has 0 radical (unpaired) electrons. The van der Waals surface area contributed by atoms with Crippen LogP contribution in [0, 0.1) is 29.5 Å². The Morgan fingerprint density at radius 3 is 2.62 bits per heavy atom. The van der Waals surface area contributed by atoms with Gasteiger partial charge < -0.3 is 0 Å². The highest BCUT2D eigenvalue weighted by atomic mass is 19.1. The van der Waals surface area contributed by atoms with Crippen molar-refractivity contribution in [2.75, 3.05) is 0 Å². The van der Waals surface area contributed by atoms with Gasteiger partial charge in [0.05, 0.1) is 0 Å². The number of aryl methyl sites for hydroxylation is 1. The summed E-state index contributed by atoms with van der Waals surface area (Å²) in [6, 6.07) is 4.22. The molecule has 0 aromatic heterocycles. The van der Waals surface area contributed by atoms with Gasteiger partial charge in [0.15, 0.2) is 0 Å². The molecule has 5 unspecified atom stereocenters. The maximum atomic E-state index is 15.0. The fourth-order valence-corrected chi connectivity index (χ4v) is 6.33. The normalized spacial score (nSPS) is 34.2.